The van der Waals surface area contributed by atoms with E-state index in [0.717, 1.165) is 27.8 Å². The van der Waals surface area contributed by atoms with Gasteiger partial charge in [0.15, 0.2) is 0 Å². The number of carbonyl (C=O) groups is 2. The van der Waals surface area contributed by atoms with Gasteiger partial charge in [-0.05, 0) is 40.8 Å². The van der Waals surface area contributed by atoms with E-state index >= 15 is 0 Å². The second-order valence-corrected chi connectivity index (χ2v) is 8.25. The molecule has 1 aliphatic heterocycles. The lowest BCUT2D eigenvalue weighted by Crippen LogP contribution is -2.37. The summed E-state index contributed by atoms with van der Waals surface area (Å²) in [5.41, 5.74) is 5.35. The van der Waals surface area contributed by atoms with Crippen LogP contribution in [0.25, 0.3) is 11.0 Å². The van der Waals surface area contributed by atoms with Crippen LogP contribution < -0.4 is 4.74 Å². The van der Waals surface area contributed by atoms with Crippen LogP contribution in [-0.4, -0.2) is 64.2 Å². The third kappa shape index (κ3) is 4.54. The lowest BCUT2D eigenvalue weighted by atomic mass is 9.82. The largest absolute Gasteiger partial charge is 0.494 e. The number of rotatable bonds is 8. The van der Waals surface area contributed by atoms with Gasteiger partial charge in [0, 0.05) is 33.2 Å². The van der Waals surface area contributed by atoms with Gasteiger partial charge in [0.1, 0.15) is 16.8 Å². The van der Waals surface area contributed by atoms with Crippen LogP contribution in [0.4, 0.5) is 0 Å². The summed E-state index contributed by atoms with van der Waals surface area (Å²) >= 11 is 0. The van der Waals surface area contributed by atoms with Crippen LogP contribution >= 0.6 is 0 Å². The molecule has 1 N–H and O–H groups in total. The molecule has 1 atom stereocenters. The molecule has 0 saturated carbocycles. The predicted octanol–water partition coefficient (Wildman–Crippen LogP) is 2.50. The molecule has 1 unspecified atom stereocenters. The summed E-state index contributed by atoms with van der Waals surface area (Å²) in [7, 11) is 4.96. The molecule has 0 spiro atoms. The van der Waals surface area contributed by atoms with Crippen LogP contribution in [0.15, 0.2) is 30.3 Å². The number of fused-ring (bicyclic) bond motifs is 2. The second-order valence-electron chi connectivity index (χ2n) is 8.25. The number of nitrogens with zero attached hydrogens (tertiary/aromatic N) is 4. The highest BCUT2D eigenvalue weighted by Crippen LogP contribution is 2.38. The van der Waals surface area contributed by atoms with Crippen LogP contribution in [0.5, 0.6) is 5.75 Å². The highest BCUT2D eigenvalue weighted by atomic mass is 16.5. The minimum absolute atomic E-state index is 0.0628. The van der Waals surface area contributed by atoms with E-state index in [1.807, 2.05) is 35.2 Å². The average molecular weight is 453 g/mol. The molecule has 174 valence electrons. The van der Waals surface area contributed by atoms with Crippen molar-refractivity contribution < 1.29 is 24.2 Å². The van der Waals surface area contributed by atoms with Gasteiger partial charge in [-0.2, -0.15) is 0 Å². The molecule has 33 heavy (non-hydrogen) atoms. The normalized spacial score (nSPS) is 14.2. The second kappa shape index (κ2) is 9.58. The Morgan fingerprint density at radius 1 is 1.24 bits per heavy atom. The zero-order valence-corrected chi connectivity index (χ0v) is 19.1. The highest BCUT2D eigenvalue weighted by molar-refractivity contribution is 5.83. The molecule has 0 aliphatic carbocycles. The molecule has 0 bridgehead atoms. The van der Waals surface area contributed by atoms with E-state index in [9.17, 15) is 14.7 Å². The van der Waals surface area contributed by atoms with Crippen molar-refractivity contribution >= 4 is 22.9 Å². The van der Waals surface area contributed by atoms with Gasteiger partial charge < -0.3 is 19.5 Å². The Kier molecular flexibility index (Phi) is 6.60. The summed E-state index contributed by atoms with van der Waals surface area (Å²) < 4.78 is 12.3. The van der Waals surface area contributed by atoms with Gasteiger partial charge >= 0.3 is 5.97 Å². The molecular weight excluding hydrogens is 424 g/mol. The quantitative estimate of drug-likeness (QED) is 0.560. The number of carboxylic acids is 1. The number of aryl methyl sites for hydroxylation is 1. The van der Waals surface area contributed by atoms with E-state index in [1.54, 1.807) is 25.9 Å². The van der Waals surface area contributed by atoms with E-state index in [-0.39, 0.29) is 18.2 Å². The van der Waals surface area contributed by atoms with Crippen LogP contribution in [0.1, 0.15) is 41.0 Å². The van der Waals surface area contributed by atoms with Gasteiger partial charge in [-0.15, -0.1) is 5.10 Å². The number of carboxylic acid groups (broad SMARTS) is 1. The average Bonchev–Trinajstić information content (AvgIpc) is 3.20. The number of amides is 1. The number of methoxy groups -OCH3 is 2. The minimum Gasteiger partial charge on any atom is -0.494 e. The maximum Gasteiger partial charge on any atom is 0.304 e. The van der Waals surface area contributed by atoms with E-state index in [1.165, 1.54) is 0 Å². The summed E-state index contributed by atoms with van der Waals surface area (Å²) in [4.78, 5) is 26.2. The number of ether oxygens (including phenoxy) is 2. The zero-order valence-electron chi connectivity index (χ0n) is 19.1. The highest BCUT2D eigenvalue weighted by Gasteiger charge is 2.28. The predicted molar refractivity (Wildman–Crippen MR) is 121 cm³/mol. The first-order valence-corrected chi connectivity index (χ1v) is 10.9. The summed E-state index contributed by atoms with van der Waals surface area (Å²) in [6.07, 6.45) is 0.956. The van der Waals surface area contributed by atoms with Crippen molar-refractivity contribution in [1.29, 1.82) is 0 Å². The Balaban J connectivity index is 1.74. The topological polar surface area (TPSA) is 107 Å². The molecule has 1 aliphatic rings. The van der Waals surface area contributed by atoms with Gasteiger partial charge in [0.05, 0.1) is 26.6 Å². The van der Waals surface area contributed by atoms with Crippen molar-refractivity contribution in [3.8, 4) is 5.75 Å². The molecule has 1 amide bonds. The first kappa shape index (κ1) is 22.7. The Hall–Kier alpha value is -3.46. The summed E-state index contributed by atoms with van der Waals surface area (Å²) in [6.45, 7) is 1.51. The van der Waals surface area contributed by atoms with Gasteiger partial charge in [0.2, 0.25) is 5.91 Å². The fourth-order valence-electron chi connectivity index (χ4n) is 4.64. The van der Waals surface area contributed by atoms with Crippen molar-refractivity contribution in [3.63, 3.8) is 0 Å². The van der Waals surface area contributed by atoms with E-state index in [0.29, 0.717) is 43.8 Å². The Morgan fingerprint density at radius 3 is 2.79 bits per heavy atom. The van der Waals surface area contributed by atoms with Crippen molar-refractivity contribution in [3.05, 3.63) is 52.6 Å². The van der Waals surface area contributed by atoms with Gasteiger partial charge in [0.25, 0.3) is 0 Å². The lowest BCUT2D eigenvalue weighted by molar-refractivity contribution is -0.137. The lowest BCUT2D eigenvalue weighted by Gasteiger charge is -2.32. The maximum atomic E-state index is 12.5. The summed E-state index contributed by atoms with van der Waals surface area (Å²) in [6, 6.07) is 9.70. The Morgan fingerprint density at radius 2 is 2.06 bits per heavy atom. The number of benzene rings is 2. The third-order valence-electron chi connectivity index (χ3n) is 6.24. The SMILES string of the molecule is COCCC(=O)N1CCc2c(cccc2C(CC(=O)O)c2cc(OC)c3c(c2)nnn3C)C1. The minimum atomic E-state index is -0.886. The molecule has 1 aromatic heterocycles. The fourth-order valence-corrected chi connectivity index (χ4v) is 4.64. The number of hydrogen-bond donors (Lipinski definition) is 1. The Labute approximate surface area is 191 Å². The van der Waals surface area contributed by atoms with Crippen LogP contribution in [-0.2, 0) is 34.3 Å². The van der Waals surface area contributed by atoms with Gasteiger partial charge in [-0.25, -0.2) is 4.68 Å². The maximum absolute atomic E-state index is 12.5. The van der Waals surface area contributed by atoms with Gasteiger partial charge in [-0.1, -0.05) is 23.4 Å². The number of carbonyl (C=O) groups excluding carboxylic acids is 1. The summed E-state index contributed by atoms with van der Waals surface area (Å²) in [5, 5.41) is 18.0. The molecule has 4 rings (SSSR count). The Bertz CT molecular complexity index is 1190. The van der Waals surface area contributed by atoms with Crippen molar-refractivity contribution in [1.82, 2.24) is 19.9 Å². The standard InChI is InChI=1S/C24H28N4O5/c1-27-24-20(25-26-27)11-16(12-21(24)33-3)19(13-23(30)31)18-6-4-5-15-14-28(9-7-17(15)18)22(29)8-10-32-2/h4-6,11-12,19H,7-10,13-14H2,1-3H3,(H,30,31). The van der Waals surface area contributed by atoms with E-state index in [4.69, 9.17) is 9.47 Å². The van der Waals surface area contributed by atoms with Crippen molar-refractivity contribution in [2.24, 2.45) is 7.05 Å². The van der Waals surface area contributed by atoms with Crippen LogP contribution in [0.2, 0.25) is 0 Å². The van der Waals surface area contributed by atoms with Crippen molar-refractivity contribution in [2.45, 2.75) is 31.7 Å². The molecule has 0 fully saturated rings. The molecule has 0 saturated heterocycles. The summed E-state index contributed by atoms with van der Waals surface area (Å²) in [5.74, 6) is -0.602. The van der Waals surface area contributed by atoms with Crippen LogP contribution in [0.3, 0.4) is 0 Å². The van der Waals surface area contributed by atoms with Gasteiger partial charge in [-0.3, -0.25) is 9.59 Å². The molecule has 0 radical (unpaired) electrons. The van der Waals surface area contributed by atoms with E-state index in [2.05, 4.69) is 10.3 Å². The number of aliphatic carboxylic acids is 1. The molecule has 9 heteroatoms. The number of hydrogen-bond acceptors (Lipinski definition) is 6. The molecule has 9 nitrogen and oxygen atoms in total. The fraction of sp³-hybridized carbons (Fsp3) is 0.417. The first-order valence-electron chi connectivity index (χ1n) is 10.9. The van der Waals surface area contributed by atoms with Crippen LogP contribution in [0, 0.1) is 0 Å². The first-order chi connectivity index (χ1) is 15.9. The zero-order chi connectivity index (χ0) is 23.5. The monoisotopic (exact) mass is 452 g/mol. The third-order valence-corrected chi connectivity index (χ3v) is 6.24. The number of aromatic nitrogens is 3. The van der Waals surface area contributed by atoms with Crippen molar-refractivity contribution in [2.75, 3.05) is 27.4 Å². The molecule has 2 heterocycles. The van der Waals surface area contributed by atoms with E-state index < -0.39 is 5.97 Å². The molecular formula is C24H28N4O5. The molecule has 2 aromatic carbocycles. The molecule has 3 aromatic rings. The smallest absolute Gasteiger partial charge is 0.304 e.